The van der Waals surface area contributed by atoms with E-state index in [2.05, 4.69) is 31.0 Å². The third-order valence-electron chi connectivity index (χ3n) is 5.21. The van der Waals surface area contributed by atoms with E-state index in [0.717, 1.165) is 22.3 Å². The third kappa shape index (κ3) is 2.97. The number of benzene rings is 1. The molecule has 0 radical (unpaired) electrons. The number of aryl methyl sites for hydroxylation is 1. The molecule has 1 aromatic carbocycles. The fourth-order valence-electron chi connectivity index (χ4n) is 3.37. The van der Waals surface area contributed by atoms with Crippen LogP contribution in [0.4, 0.5) is 11.5 Å². The molecule has 4 bridgehead atoms. The van der Waals surface area contributed by atoms with Crippen molar-refractivity contribution in [1.82, 2.24) is 34.9 Å². The second-order valence-corrected chi connectivity index (χ2v) is 7.26. The first-order chi connectivity index (χ1) is 14.0. The summed E-state index contributed by atoms with van der Waals surface area (Å²) in [4.78, 5) is 17.0. The van der Waals surface area contributed by atoms with E-state index < -0.39 is 0 Å². The Hall–Kier alpha value is -3.53. The Labute approximate surface area is 165 Å². The van der Waals surface area contributed by atoms with Crippen LogP contribution in [0.2, 0.25) is 0 Å². The summed E-state index contributed by atoms with van der Waals surface area (Å²) in [5, 5.41) is 19.2. The maximum absolute atomic E-state index is 12.8. The molecule has 10 nitrogen and oxygen atoms in total. The Kier molecular flexibility index (Phi) is 3.95. The Balaban J connectivity index is 1.69. The molecule has 0 unspecified atom stereocenters. The minimum atomic E-state index is -0.253. The summed E-state index contributed by atoms with van der Waals surface area (Å²) in [6, 6.07) is 7.42. The lowest BCUT2D eigenvalue weighted by Gasteiger charge is -2.22. The smallest absolute Gasteiger partial charge is 0.271 e. The number of hydrogen-bond acceptors (Lipinski definition) is 7. The van der Waals surface area contributed by atoms with Crippen molar-refractivity contribution in [2.45, 2.75) is 32.6 Å². The SMILES string of the molecule is C[C@H]1NC(=O)c2cnc3ccc(nn23)Nc2cc(cc3c2nnn3C)CO[C@@H]1C. The molecule has 4 aromatic rings. The average molecular weight is 392 g/mol. The van der Waals surface area contributed by atoms with Gasteiger partial charge in [-0.1, -0.05) is 5.21 Å². The molecule has 29 heavy (non-hydrogen) atoms. The van der Waals surface area contributed by atoms with Crippen molar-refractivity contribution < 1.29 is 9.53 Å². The summed E-state index contributed by atoms with van der Waals surface area (Å²) in [6.45, 7) is 4.24. The van der Waals surface area contributed by atoms with E-state index in [-0.39, 0.29) is 18.1 Å². The number of imidazole rings is 1. The second kappa shape index (κ2) is 6.52. The minimum Gasteiger partial charge on any atom is -0.372 e. The lowest BCUT2D eigenvalue weighted by molar-refractivity contribution is 0.0302. The molecule has 0 aliphatic carbocycles. The number of nitrogens with one attached hydrogen (secondary N) is 2. The highest BCUT2D eigenvalue weighted by Crippen LogP contribution is 2.27. The molecule has 0 spiro atoms. The van der Waals surface area contributed by atoms with Crippen molar-refractivity contribution in [3.05, 3.63) is 41.7 Å². The molecule has 1 aliphatic heterocycles. The second-order valence-electron chi connectivity index (χ2n) is 7.26. The summed E-state index contributed by atoms with van der Waals surface area (Å²) in [6.07, 6.45) is 1.33. The Morgan fingerprint density at radius 2 is 2.10 bits per heavy atom. The van der Waals surface area contributed by atoms with Crippen molar-refractivity contribution in [2.75, 3.05) is 5.32 Å². The standard InChI is InChI=1S/C19H20N8O2/c1-10-11(2)29-9-12-6-13(18-14(7-12)26(3)25-23-18)22-16-4-5-17-20-8-15(19(28)21-10)27(17)24-16/h4-8,10-11H,9H2,1-3H3,(H,21,28)(H,22,24)/t10-,11-/m1/s1. The molecule has 0 saturated carbocycles. The lowest BCUT2D eigenvalue weighted by Crippen LogP contribution is -2.41. The van der Waals surface area contributed by atoms with Crippen LogP contribution in [0.3, 0.4) is 0 Å². The predicted octanol–water partition coefficient (Wildman–Crippen LogP) is 1.79. The molecule has 2 atom stereocenters. The van der Waals surface area contributed by atoms with E-state index in [1.54, 1.807) is 4.68 Å². The van der Waals surface area contributed by atoms with Gasteiger partial charge in [0.2, 0.25) is 0 Å². The van der Waals surface area contributed by atoms with E-state index in [0.29, 0.717) is 23.8 Å². The zero-order valence-corrected chi connectivity index (χ0v) is 16.2. The zero-order chi connectivity index (χ0) is 20.1. The predicted molar refractivity (Wildman–Crippen MR) is 106 cm³/mol. The van der Waals surface area contributed by atoms with E-state index in [4.69, 9.17) is 4.74 Å². The van der Waals surface area contributed by atoms with Gasteiger partial charge in [-0.3, -0.25) is 4.79 Å². The number of ether oxygens (including phenoxy) is 1. The van der Waals surface area contributed by atoms with Crippen molar-refractivity contribution in [3.8, 4) is 0 Å². The fourth-order valence-corrected chi connectivity index (χ4v) is 3.37. The van der Waals surface area contributed by atoms with Gasteiger partial charge in [0.25, 0.3) is 5.91 Å². The summed E-state index contributed by atoms with van der Waals surface area (Å²) in [5.41, 5.74) is 4.30. The van der Waals surface area contributed by atoms with E-state index >= 15 is 0 Å². The summed E-state index contributed by atoms with van der Waals surface area (Å²) < 4.78 is 9.28. The quantitative estimate of drug-likeness (QED) is 0.469. The molecule has 1 amide bonds. The Bertz CT molecular complexity index is 1240. The van der Waals surface area contributed by atoms with Crippen LogP contribution < -0.4 is 10.6 Å². The minimum absolute atomic E-state index is 0.193. The van der Waals surface area contributed by atoms with Crippen LogP contribution in [0.25, 0.3) is 16.7 Å². The van der Waals surface area contributed by atoms with Crippen molar-refractivity contribution >= 4 is 34.1 Å². The molecule has 5 rings (SSSR count). The average Bonchev–Trinajstić information content (AvgIpc) is 3.29. The van der Waals surface area contributed by atoms with Gasteiger partial charge < -0.3 is 15.4 Å². The third-order valence-corrected chi connectivity index (χ3v) is 5.21. The van der Waals surface area contributed by atoms with Gasteiger partial charge in [-0.25, -0.2) is 14.2 Å². The van der Waals surface area contributed by atoms with Gasteiger partial charge in [0.15, 0.2) is 17.2 Å². The van der Waals surface area contributed by atoms with Crippen molar-refractivity contribution in [1.29, 1.82) is 0 Å². The van der Waals surface area contributed by atoms with Gasteiger partial charge in [0.05, 0.1) is 36.2 Å². The number of aromatic nitrogens is 6. The van der Waals surface area contributed by atoms with Crippen LogP contribution in [0, 0.1) is 0 Å². The molecular formula is C19H20N8O2. The Morgan fingerprint density at radius 3 is 2.97 bits per heavy atom. The highest BCUT2D eigenvalue weighted by molar-refractivity contribution is 5.93. The molecule has 2 N–H and O–H groups in total. The first-order valence-corrected chi connectivity index (χ1v) is 9.36. The molecule has 148 valence electrons. The highest BCUT2D eigenvalue weighted by atomic mass is 16.5. The molecule has 3 aromatic heterocycles. The van der Waals surface area contributed by atoms with Crippen LogP contribution in [0.1, 0.15) is 29.9 Å². The fraction of sp³-hybridized carbons (Fsp3) is 0.316. The Morgan fingerprint density at radius 1 is 1.24 bits per heavy atom. The topological polar surface area (TPSA) is 111 Å². The first kappa shape index (κ1) is 17.6. The summed E-state index contributed by atoms with van der Waals surface area (Å²) in [7, 11) is 1.85. The monoisotopic (exact) mass is 392 g/mol. The number of carbonyl (C=O) groups excluding carboxylic acids is 1. The number of fused-ring (bicyclic) bond motifs is 5. The van der Waals surface area contributed by atoms with Gasteiger partial charge in [-0.2, -0.15) is 0 Å². The number of anilines is 2. The molecule has 1 aliphatic rings. The molecule has 0 fully saturated rings. The molecule has 0 saturated heterocycles. The number of nitrogens with zero attached hydrogens (tertiary/aromatic N) is 6. The summed E-state index contributed by atoms with van der Waals surface area (Å²) >= 11 is 0. The molecule has 10 heteroatoms. The molecular weight excluding hydrogens is 372 g/mol. The van der Waals surface area contributed by atoms with Crippen LogP contribution in [0.5, 0.6) is 0 Å². The van der Waals surface area contributed by atoms with Gasteiger partial charge in [0.1, 0.15) is 5.52 Å². The van der Waals surface area contributed by atoms with Crippen LogP contribution >= 0.6 is 0 Å². The maximum Gasteiger partial charge on any atom is 0.271 e. The van der Waals surface area contributed by atoms with Crippen LogP contribution in [-0.4, -0.2) is 47.6 Å². The summed E-state index contributed by atoms with van der Waals surface area (Å²) in [5.74, 6) is 0.310. The van der Waals surface area contributed by atoms with E-state index in [9.17, 15) is 4.79 Å². The van der Waals surface area contributed by atoms with Gasteiger partial charge in [-0.15, -0.1) is 10.2 Å². The van der Waals surface area contributed by atoms with Gasteiger partial charge in [0, 0.05) is 7.05 Å². The number of rotatable bonds is 0. The van der Waals surface area contributed by atoms with E-state index in [1.165, 1.54) is 10.7 Å². The highest BCUT2D eigenvalue weighted by Gasteiger charge is 2.21. The normalized spacial score (nSPS) is 19.9. The number of hydrogen-bond donors (Lipinski definition) is 2. The molecule has 4 heterocycles. The van der Waals surface area contributed by atoms with Crippen molar-refractivity contribution in [3.63, 3.8) is 0 Å². The van der Waals surface area contributed by atoms with E-state index in [1.807, 2.05) is 45.2 Å². The number of amides is 1. The van der Waals surface area contributed by atoms with Crippen LogP contribution in [0.15, 0.2) is 30.5 Å². The van der Waals surface area contributed by atoms with Gasteiger partial charge >= 0.3 is 0 Å². The maximum atomic E-state index is 12.8. The first-order valence-electron chi connectivity index (χ1n) is 9.36. The van der Waals surface area contributed by atoms with Gasteiger partial charge in [-0.05, 0) is 43.7 Å². The van der Waals surface area contributed by atoms with Crippen molar-refractivity contribution in [2.24, 2.45) is 7.05 Å². The zero-order valence-electron chi connectivity index (χ0n) is 16.2. The van der Waals surface area contributed by atoms with Crippen LogP contribution in [-0.2, 0) is 18.4 Å². The largest absolute Gasteiger partial charge is 0.372 e. The lowest BCUT2D eigenvalue weighted by atomic mass is 10.1. The number of carbonyl (C=O) groups is 1.